The van der Waals surface area contributed by atoms with E-state index in [0.717, 1.165) is 5.56 Å². The Kier molecular flexibility index (Phi) is 6.07. The highest BCUT2D eigenvalue weighted by Crippen LogP contribution is 2.45. The Morgan fingerprint density at radius 1 is 1.06 bits per heavy atom. The number of nitrogens with one attached hydrogen (secondary N) is 2. The van der Waals surface area contributed by atoms with Crippen LogP contribution in [0, 0.1) is 16.6 Å². The van der Waals surface area contributed by atoms with Crippen LogP contribution in [-0.2, 0) is 16.1 Å². The second-order valence-electron chi connectivity index (χ2n) is 9.32. The summed E-state index contributed by atoms with van der Waals surface area (Å²) in [6, 6.07) is 8.86. The molecule has 2 amide bonds. The number of carboxylic acid groups (broad SMARTS) is 1. The van der Waals surface area contributed by atoms with Gasteiger partial charge in [0.25, 0.3) is 5.91 Å². The molecule has 0 radical (unpaired) electrons. The SMILES string of the molecule is CC1(C(=O)O)CCC(C)(C(=O)Nc2cc(C(=O)NCc3ccc(F)cc3)nc3ccnn23)CC1. The Labute approximate surface area is 195 Å². The lowest BCUT2D eigenvalue weighted by Crippen LogP contribution is -2.42. The van der Waals surface area contributed by atoms with Crippen LogP contribution in [0.5, 0.6) is 0 Å². The molecule has 9 nitrogen and oxygen atoms in total. The average Bonchev–Trinajstić information content (AvgIpc) is 3.29. The number of halogens is 1. The number of fused-ring (bicyclic) bond motifs is 1. The Morgan fingerprint density at radius 3 is 2.35 bits per heavy atom. The molecule has 0 saturated heterocycles. The third-order valence-corrected chi connectivity index (χ3v) is 6.72. The van der Waals surface area contributed by atoms with Gasteiger partial charge in [-0.25, -0.2) is 9.37 Å². The fourth-order valence-electron chi connectivity index (χ4n) is 4.06. The summed E-state index contributed by atoms with van der Waals surface area (Å²) in [6.07, 6.45) is 3.17. The molecule has 1 saturated carbocycles. The lowest BCUT2D eigenvalue weighted by Gasteiger charge is -2.39. The van der Waals surface area contributed by atoms with Crippen molar-refractivity contribution in [2.24, 2.45) is 10.8 Å². The van der Waals surface area contributed by atoms with Crippen molar-refractivity contribution in [3.63, 3.8) is 0 Å². The maximum Gasteiger partial charge on any atom is 0.309 e. The molecule has 2 aromatic heterocycles. The van der Waals surface area contributed by atoms with Crippen LogP contribution < -0.4 is 10.6 Å². The van der Waals surface area contributed by atoms with Gasteiger partial charge in [0.15, 0.2) is 5.65 Å². The predicted octanol–water partition coefficient (Wildman–Crippen LogP) is 3.41. The molecule has 0 bridgehead atoms. The standard InChI is InChI=1S/C24H26FN5O4/c1-23(8-10-24(2,11-9-23)22(33)34)21(32)29-19-13-17(28-18-7-12-27-30(18)19)20(31)26-14-15-3-5-16(25)6-4-15/h3-7,12-13H,8-11,14H2,1-2H3,(H,26,31)(H,29,32)(H,33,34). The summed E-state index contributed by atoms with van der Waals surface area (Å²) in [5.74, 6) is -1.63. The van der Waals surface area contributed by atoms with Crippen molar-refractivity contribution in [3.8, 4) is 0 Å². The molecular formula is C24H26FN5O4. The molecule has 0 atom stereocenters. The number of carboxylic acids is 1. The van der Waals surface area contributed by atoms with Gasteiger partial charge in [-0.15, -0.1) is 0 Å². The van der Waals surface area contributed by atoms with E-state index >= 15 is 0 Å². The van der Waals surface area contributed by atoms with Crippen LogP contribution in [0.3, 0.4) is 0 Å². The van der Waals surface area contributed by atoms with E-state index < -0.39 is 22.7 Å². The zero-order valence-corrected chi connectivity index (χ0v) is 19.0. The summed E-state index contributed by atoms with van der Waals surface area (Å²) in [7, 11) is 0. The average molecular weight is 468 g/mol. The van der Waals surface area contributed by atoms with Crippen LogP contribution in [0.15, 0.2) is 42.6 Å². The number of aliphatic carboxylic acids is 1. The first-order valence-corrected chi connectivity index (χ1v) is 11.0. The highest BCUT2D eigenvalue weighted by molar-refractivity contribution is 5.97. The van der Waals surface area contributed by atoms with Gasteiger partial charge in [-0.3, -0.25) is 14.4 Å². The topological polar surface area (TPSA) is 126 Å². The summed E-state index contributed by atoms with van der Waals surface area (Å²) >= 11 is 0. The molecule has 1 aliphatic carbocycles. The lowest BCUT2D eigenvalue weighted by atomic mass is 9.65. The summed E-state index contributed by atoms with van der Waals surface area (Å²) in [5.41, 5.74) is -0.369. The van der Waals surface area contributed by atoms with E-state index in [0.29, 0.717) is 37.1 Å². The highest BCUT2D eigenvalue weighted by atomic mass is 19.1. The summed E-state index contributed by atoms with van der Waals surface area (Å²) in [5, 5.41) is 19.3. The van der Waals surface area contributed by atoms with Crippen molar-refractivity contribution in [1.82, 2.24) is 19.9 Å². The van der Waals surface area contributed by atoms with Crippen molar-refractivity contribution in [3.05, 3.63) is 59.7 Å². The molecule has 178 valence electrons. The van der Waals surface area contributed by atoms with Gasteiger partial charge in [-0.1, -0.05) is 19.1 Å². The number of aromatic nitrogens is 3. The van der Waals surface area contributed by atoms with E-state index in [2.05, 4.69) is 20.7 Å². The van der Waals surface area contributed by atoms with Crippen LogP contribution in [0.25, 0.3) is 5.65 Å². The number of anilines is 1. The molecule has 4 rings (SSSR count). The van der Waals surface area contributed by atoms with Crippen LogP contribution in [0.1, 0.15) is 55.6 Å². The zero-order valence-electron chi connectivity index (χ0n) is 19.0. The molecule has 3 N–H and O–H groups in total. The van der Waals surface area contributed by atoms with Crippen LogP contribution in [-0.4, -0.2) is 37.5 Å². The van der Waals surface area contributed by atoms with Crippen molar-refractivity contribution in [1.29, 1.82) is 0 Å². The second kappa shape index (κ2) is 8.85. The molecular weight excluding hydrogens is 441 g/mol. The van der Waals surface area contributed by atoms with E-state index in [1.165, 1.54) is 28.9 Å². The molecule has 1 aromatic carbocycles. The molecule has 1 aliphatic rings. The Morgan fingerprint density at radius 2 is 1.71 bits per heavy atom. The van der Waals surface area contributed by atoms with Gasteiger partial charge in [0.1, 0.15) is 17.3 Å². The number of carbonyl (C=O) groups is 3. The number of rotatable bonds is 6. The Bertz CT molecular complexity index is 1250. The van der Waals surface area contributed by atoms with Crippen molar-refractivity contribution < 1.29 is 23.9 Å². The summed E-state index contributed by atoms with van der Waals surface area (Å²) in [4.78, 5) is 41.8. The second-order valence-corrected chi connectivity index (χ2v) is 9.32. The van der Waals surface area contributed by atoms with Gasteiger partial charge in [0.2, 0.25) is 5.91 Å². The molecule has 1 fully saturated rings. The first-order valence-electron chi connectivity index (χ1n) is 11.0. The van der Waals surface area contributed by atoms with Gasteiger partial charge in [0.05, 0.1) is 11.6 Å². The highest BCUT2D eigenvalue weighted by Gasteiger charge is 2.45. The smallest absolute Gasteiger partial charge is 0.309 e. The molecule has 0 aliphatic heterocycles. The fourth-order valence-corrected chi connectivity index (χ4v) is 4.06. The fraction of sp³-hybridized carbons (Fsp3) is 0.375. The maximum atomic E-state index is 13.2. The summed E-state index contributed by atoms with van der Waals surface area (Å²) in [6.45, 7) is 3.72. The molecule has 0 spiro atoms. The minimum absolute atomic E-state index is 0.0951. The monoisotopic (exact) mass is 467 g/mol. The molecule has 0 unspecified atom stereocenters. The summed E-state index contributed by atoms with van der Waals surface area (Å²) < 4.78 is 14.5. The van der Waals surface area contributed by atoms with Crippen LogP contribution >= 0.6 is 0 Å². The van der Waals surface area contributed by atoms with Crippen molar-refractivity contribution in [2.75, 3.05) is 5.32 Å². The van der Waals surface area contributed by atoms with Crippen LogP contribution in [0.2, 0.25) is 0 Å². The third-order valence-electron chi connectivity index (χ3n) is 6.72. The lowest BCUT2D eigenvalue weighted by molar-refractivity contribution is -0.152. The van der Waals surface area contributed by atoms with E-state index in [1.54, 1.807) is 25.1 Å². The first-order chi connectivity index (χ1) is 16.1. The maximum absolute atomic E-state index is 13.2. The quantitative estimate of drug-likeness (QED) is 0.510. The Balaban J connectivity index is 1.51. The number of hydrogen-bond donors (Lipinski definition) is 3. The molecule has 10 heteroatoms. The van der Waals surface area contributed by atoms with E-state index in [9.17, 15) is 23.9 Å². The minimum Gasteiger partial charge on any atom is -0.481 e. The van der Waals surface area contributed by atoms with Gasteiger partial charge in [-0.2, -0.15) is 9.61 Å². The van der Waals surface area contributed by atoms with Gasteiger partial charge >= 0.3 is 5.97 Å². The van der Waals surface area contributed by atoms with Crippen molar-refractivity contribution >= 4 is 29.2 Å². The van der Waals surface area contributed by atoms with Gasteiger partial charge in [-0.05, 0) is 50.3 Å². The number of hydrogen-bond acceptors (Lipinski definition) is 5. The third kappa shape index (κ3) is 4.61. The van der Waals surface area contributed by atoms with Gasteiger partial charge < -0.3 is 15.7 Å². The normalized spacial score (nSPS) is 22.3. The number of carbonyl (C=O) groups excluding carboxylic acids is 2. The van der Waals surface area contributed by atoms with Crippen LogP contribution in [0.4, 0.5) is 10.2 Å². The van der Waals surface area contributed by atoms with Crippen molar-refractivity contribution in [2.45, 2.75) is 46.1 Å². The van der Waals surface area contributed by atoms with Gasteiger partial charge in [0, 0.05) is 24.1 Å². The zero-order chi connectivity index (χ0) is 24.5. The van der Waals surface area contributed by atoms with E-state index in [4.69, 9.17) is 0 Å². The largest absolute Gasteiger partial charge is 0.481 e. The molecule has 34 heavy (non-hydrogen) atoms. The van der Waals surface area contributed by atoms with E-state index in [1.807, 2.05) is 6.92 Å². The number of amides is 2. The first kappa shape index (κ1) is 23.3. The molecule has 2 heterocycles. The van der Waals surface area contributed by atoms with E-state index in [-0.39, 0.29) is 24.0 Å². The predicted molar refractivity (Wildman–Crippen MR) is 122 cm³/mol. The number of benzene rings is 1. The number of nitrogens with zero attached hydrogens (tertiary/aromatic N) is 3. The Hall–Kier alpha value is -3.82. The minimum atomic E-state index is -0.848. The molecule has 3 aromatic rings.